The summed E-state index contributed by atoms with van der Waals surface area (Å²) in [5.41, 5.74) is 1.14. The fraction of sp³-hybridized carbons (Fsp3) is 0.0952. The fourth-order valence-electron chi connectivity index (χ4n) is 2.85. The minimum absolute atomic E-state index is 0.246. The molecule has 0 atom stereocenters. The lowest BCUT2D eigenvalue weighted by Crippen LogP contribution is -2.22. The SMILES string of the molecule is CCc1nc2ccc(Br)cc2c(=O)n1N=Cc1ccc(-c2ccc(F)cc2)o1. The van der Waals surface area contributed by atoms with Gasteiger partial charge in [-0.15, -0.1) is 0 Å². The lowest BCUT2D eigenvalue weighted by molar-refractivity contribution is 0.573. The topological polar surface area (TPSA) is 60.4 Å². The monoisotopic (exact) mass is 439 g/mol. The minimum atomic E-state index is -0.306. The van der Waals surface area contributed by atoms with Crippen molar-refractivity contribution in [2.45, 2.75) is 13.3 Å². The van der Waals surface area contributed by atoms with Crippen molar-refractivity contribution in [3.63, 3.8) is 0 Å². The second-order valence-corrected chi connectivity index (χ2v) is 7.03. The van der Waals surface area contributed by atoms with Crippen LogP contribution in [0.2, 0.25) is 0 Å². The van der Waals surface area contributed by atoms with E-state index in [0.29, 0.717) is 34.7 Å². The number of aryl methyl sites for hydroxylation is 1. The van der Waals surface area contributed by atoms with Crippen molar-refractivity contribution in [2.75, 3.05) is 0 Å². The Bertz CT molecular complexity index is 1240. The van der Waals surface area contributed by atoms with Gasteiger partial charge in [0.25, 0.3) is 5.56 Å². The molecule has 0 aliphatic rings. The molecule has 0 fully saturated rings. The van der Waals surface area contributed by atoms with E-state index in [4.69, 9.17) is 4.42 Å². The van der Waals surface area contributed by atoms with Crippen LogP contribution in [0.25, 0.3) is 22.2 Å². The van der Waals surface area contributed by atoms with Gasteiger partial charge in [0.2, 0.25) is 0 Å². The van der Waals surface area contributed by atoms with Gasteiger partial charge in [-0.25, -0.2) is 9.37 Å². The molecule has 0 bridgehead atoms. The number of benzene rings is 2. The Kier molecular flexibility index (Phi) is 4.92. The van der Waals surface area contributed by atoms with Crippen molar-refractivity contribution in [1.82, 2.24) is 9.66 Å². The van der Waals surface area contributed by atoms with Crippen LogP contribution in [0.1, 0.15) is 18.5 Å². The number of fused-ring (bicyclic) bond motifs is 1. The van der Waals surface area contributed by atoms with Crippen LogP contribution in [0, 0.1) is 5.82 Å². The summed E-state index contributed by atoms with van der Waals surface area (Å²) in [5, 5.41) is 4.78. The third-order valence-electron chi connectivity index (χ3n) is 4.25. The van der Waals surface area contributed by atoms with Crippen LogP contribution in [0.4, 0.5) is 4.39 Å². The molecular weight excluding hydrogens is 425 g/mol. The summed E-state index contributed by atoms with van der Waals surface area (Å²) < 4.78 is 20.9. The smallest absolute Gasteiger partial charge is 0.282 e. The average Bonchev–Trinajstić information content (AvgIpc) is 3.17. The van der Waals surface area contributed by atoms with Crippen LogP contribution in [-0.4, -0.2) is 15.9 Å². The van der Waals surface area contributed by atoms with Gasteiger partial charge >= 0.3 is 0 Å². The third-order valence-corrected chi connectivity index (χ3v) is 4.74. The first-order valence-electron chi connectivity index (χ1n) is 8.66. The Labute approximate surface area is 168 Å². The van der Waals surface area contributed by atoms with Crippen molar-refractivity contribution < 1.29 is 8.81 Å². The highest BCUT2D eigenvalue weighted by atomic mass is 79.9. The highest BCUT2D eigenvalue weighted by Crippen LogP contribution is 2.22. The third kappa shape index (κ3) is 3.53. The summed E-state index contributed by atoms with van der Waals surface area (Å²) in [6, 6.07) is 14.9. The van der Waals surface area contributed by atoms with Gasteiger partial charge in [-0.05, 0) is 54.6 Å². The molecule has 0 amide bonds. The zero-order valence-corrected chi connectivity index (χ0v) is 16.5. The molecule has 2 heterocycles. The van der Waals surface area contributed by atoms with E-state index < -0.39 is 0 Å². The van der Waals surface area contributed by atoms with Gasteiger partial charge in [-0.1, -0.05) is 22.9 Å². The Hall–Kier alpha value is -3.06. The van der Waals surface area contributed by atoms with Gasteiger partial charge in [-0.3, -0.25) is 4.79 Å². The maximum absolute atomic E-state index is 13.1. The lowest BCUT2D eigenvalue weighted by Gasteiger charge is -2.07. The molecule has 4 rings (SSSR count). The van der Waals surface area contributed by atoms with E-state index in [1.807, 2.05) is 13.0 Å². The number of nitrogens with zero attached hydrogens (tertiary/aromatic N) is 3. The zero-order chi connectivity index (χ0) is 19.7. The van der Waals surface area contributed by atoms with E-state index in [2.05, 4.69) is 26.0 Å². The summed E-state index contributed by atoms with van der Waals surface area (Å²) in [6.07, 6.45) is 2.02. The Morgan fingerprint density at radius 2 is 1.96 bits per heavy atom. The summed E-state index contributed by atoms with van der Waals surface area (Å²) in [7, 11) is 0. The number of hydrogen-bond acceptors (Lipinski definition) is 4. The zero-order valence-electron chi connectivity index (χ0n) is 14.9. The van der Waals surface area contributed by atoms with Crippen molar-refractivity contribution in [2.24, 2.45) is 5.10 Å². The first-order valence-corrected chi connectivity index (χ1v) is 9.46. The van der Waals surface area contributed by atoms with E-state index in [9.17, 15) is 9.18 Å². The predicted octanol–water partition coefficient (Wildman–Crippen LogP) is 5.00. The van der Waals surface area contributed by atoms with Crippen molar-refractivity contribution in [3.8, 4) is 11.3 Å². The molecule has 2 aromatic heterocycles. The quantitative estimate of drug-likeness (QED) is 0.420. The van der Waals surface area contributed by atoms with Gasteiger partial charge in [0.1, 0.15) is 23.2 Å². The molecule has 4 aromatic rings. The van der Waals surface area contributed by atoms with Gasteiger partial charge in [0.15, 0.2) is 0 Å². The molecule has 0 saturated carbocycles. The largest absolute Gasteiger partial charge is 0.455 e. The molecule has 0 spiro atoms. The van der Waals surface area contributed by atoms with Crippen LogP contribution in [0.3, 0.4) is 0 Å². The molecule has 0 unspecified atom stereocenters. The van der Waals surface area contributed by atoms with Crippen LogP contribution in [0.15, 0.2) is 73.4 Å². The maximum Gasteiger partial charge on any atom is 0.282 e. The van der Waals surface area contributed by atoms with Crippen molar-refractivity contribution in [3.05, 3.63) is 86.8 Å². The first kappa shape index (κ1) is 18.3. The Morgan fingerprint density at radius 3 is 2.71 bits per heavy atom. The number of aromatic nitrogens is 2. The van der Waals surface area contributed by atoms with Gasteiger partial charge in [-0.2, -0.15) is 9.78 Å². The second-order valence-electron chi connectivity index (χ2n) is 6.11. The van der Waals surface area contributed by atoms with Gasteiger partial charge in [0.05, 0.1) is 17.1 Å². The molecule has 2 aromatic carbocycles. The van der Waals surface area contributed by atoms with Crippen LogP contribution < -0.4 is 5.56 Å². The van der Waals surface area contributed by atoms with Crippen LogP contribution >= 0.6 is 15.9 Å². The van der Waals surface area contributed by atoms with Gasteiger partial charge in [0, 0.05) is 16.5 Å². The van der Waals surface area contributed by atoms with E-state index in [1.165, 1.54) is 23.0 Å². The Balaban J connectivity index is 1.72. The summed E-state index contributed by atoms with van der Waals surface area (Å²) >= 11 is 3.38. The molecule has 0 aliphatic heterocycles. The molecule has 140 valence electrons. The number of hydrogen-bond donors (Lipinski definition) is 0. The molecule has 5 nitrogen and oxygen atoms in total. The maximum atomic E-state index is 13.1. The highest BCUT2D eigenvalue weighted by Gasteiger charge is 2.10. The van der Waals surface area contributed by atoms with Gasteiger partial charge < -0.3 is 4.42 Å². The first-order chi connectivity index (χ1) is 13.5. The molecule has 28 heavy (non-hydrogen) atoms. The number of halogens is 2. The second kappa shape index (κ2) is 7.52. The summed E-state index contributed by atoms with van der Waals surface area (Å²) in [6.45, 7) is 1.91. The Morgan fingerprint density at radius 1 is 1.18 bits per heavy atom. The lowest BCUT2D eigenvalue weighted by atomic mass is 10.2. The fourth-order valence-corrected chi connectivity index (χ4v) is 3.21. The molecule has 0 N–H and O–H groups in total. The average molecular weight is 440 g/mol. The minimum Gasteiger partial charge on any atom is -0.455 e. The standard InChI is InChI=1S/C21H15BrFN3O2/c1-2-20-25-18-9-5-14(22)11-17(18)21(27)26(20)24-12-16-8-10-19(28-16)13-3-6-15(23)7-4-13/h3-12H,2H2,1H3. The summed E-state index contributed by atoms with van der Waals surface area (Å²) in [5.74, 6) is 1.31. The van der Waals surface area contributed by atoms with Crippen molar-refractivity contribution >= 4 is 33.0 Å². The van der Waals surface area contributed by atoms with E-state index in [0.717, 1.165) is 10.0 Å². The summed E-state index contributed by atoms with van der Waals surface area (Å²) in [4.78, 5) is 17.4. The van der Waals surface area contributed by atoms with E-state index in [1.54, 1.807) is 36.4 Å². The molecule has 7 heteroatoms. The molecule has 0 saturated heterocycles. The predicted molar refractivity (Wildman–Crippen MR) is 110 cm³/mol. The molecule has 0 radical (unpaired) electrons. The molecule has 0 aliphatic carbocycles. The van der Waals surface area contributed by atoms with Crippen LogP contribution in [-0.2, 0) is 6.42 Å². The normalized spacial score (nSPS) is 11.5. The number of furan rings is 1. The van der Waals surface area contributed by atoms with E-state index in [-0.39, 0.29) is 11.4 Å². The van der Waals surface area contributed by atoms with E-state index >= 15 is 0 Å². The number of rotatable bonds is 4. The van der Waals surface area contributed by atoms with Crippen LogP contribution in [0.5, 0.6) is 0 Å². The highest BCUT2D eigenvalue weighted by molar-refractivity contribution is 9.10. The molecular formula is C21H15BrFN3O2. The van der Waals surface area contributed by atoms with Crippen molar-refractivity contribution in [1.29, 1.82) is 0 Å².